The van der Waals surface area contributed by atoms with Gasteiger partial charge in [0, 0.05) is 25.9 Å². The van der Waals surface area contributed by atoms with Gasteiger partial charge in [0.25, 0.3) is 5.79 Å². The minimum absolute atomic E-state index is 0.239. The summed E-state index contributed by atoms with van der Waals surface area (Å²) in [5, 5.41) is -5.10. The number of carbonyl (C=O) groups is 2. The smallest absolute Gasteiger partial charge is 0.364 e. The maximum absolute atomic E-state index is 13.5. The van der Waals surface area contributed by atoms with Crippen molar-refractivity contribution < 1.29 is 49.9 Å². The van der Waals surface area contributed by atoms with E-state index in [1.54, 1.807) is 12.1 Å². The minimum Gasteiger partial charge on any atom is -0.743 e. The molecule has 1 aliphatic heterocycles. The number of halogens is 5. The lowest BCUT2D eigenvalue weighted by atomic mass is 9.84. The minimum atomic E-state index is -6.18. The van der Waals surface area contributed by atoms with Crippen molar-refractivity contribution in [2.45, 2.75) is 42.9 Å². The first kappa shape index (κ1) is 25.2. The van der Waals surface area contributed by atoms with Gasteiger partial charge < -0.3 is 18.8 Å². The fourth-order valence-electron chi connectivity index (χ4n) is 4.67. The number of hydrogen-bond acceptors (Lipinski definition) is 8. The number of carbonyl (C=O) groups excluding carboxylic acids is 2. The van der Waals surface area contributed by atoms with Crippen molar-refractivity contribution in [2.24, 2.45) is 17.8 Å². The predicted octanol–water partition coefficient (Wildman–Crippen LogP) is 3.60. The zero-order chi connectivity index (χ0) is 24.3. The van der Waals surface area contributed by atoms with Crippen molar-refractivity contribution in [3.05, 3.63) is 24.8 Å². The van der Waals surface area contributed by atoms with E-state index in [-0.39, 0.29) is 24.7 Å². The molecule has 0 amide bonds. The van der Waals surface area contributed by atoms with Crippen molar-refractivity contribution in [3.63, 3.8) is 0 Å². The second-order valence-electron chi connectivity index (χ2n) is 8.24. The molecule has 1 aromatic carbocycles. The highest BCUT2D eigenvalue weighted by Crippen LogP contribution is 2.58. The molecule has 2 aliphatic carbocycles. The maximum atomic E-state index is 13.5. The van der Waals surface area contributed by atoms with Crippen LogP contribution in [0.25, 0.3) is 0 Å². The number of hydrogen-bond donors (Lipinski definition) is 0. The molecule has 5 atom stereocenters. The molecule has 1 heterocycles. The third kappa shape index (κ3) is 4.44. The Morgan fingerprint density at radius 2 is 1.94 bits per heavy atom. The third-order valence-corrected chi connectivity index (χ3v) is 10.0. The Hall–Kier alpha value is -0.880. The van der Waals surface area contributed by atoms with Crippen LogP contribution in [0.15, 0.2) is 12.1 Å². The number of rotatable bonds is 6. The number of fused-ring (bicyclic) bond motifs is 4. The van der Waals surface area contributed by atoms with Crippen molar-refractivity contribution >= 4 is 67.2 Å². The summed E-state index contributed by atoms with van der Waals surface area (Å²) in [5.74, 6) is -3.23. The average Bonchev–Trinajstić information content (AvgIpc) is 3.26. The lowest BCUT2D eigenvalue weighted by Crippen LogP contribution is -2.50. The molecule has 0 N–H and O–H groups in total. The molecule has 33 heavy (non-hydrogen) atoms. The fourth-order valence-corrected chi connectivity index (χ4v) is 6.00. The normalized spacial score (nSPS) is 29.4. The lowest BCUT2D eigenvalue weighted by molar-refractivity contribution is -0.193. The van der Waals surface area contributed by atoms with E-state index in [0.717, 1.165) is 7.14 Å². The molecule has 4 rings (SSSR count). The average molecular weight is 715 g/mol. The highest BCUT2D eigenvalue weighted by Gasteiger charge is 2.63. The molecule has 182 valence electrons. The number of benzene rings is 1. The predicted molar refractivity (Wildman–Crippen MR) is 120 cm³/mol. The zero-order valence-corrected chi connectivity index (χ0v) is 21.7. The molecule has 3 aliphatic rings. The van der Waals surface area contributed by atoms with Crippen LogP contribution in [0.3, 0.4) is 0 Å². The van der Waals surface area contributed by atoms with Crippen LogP contribution >= 0.6 is 45.2 Å². The lowest BCUT2D eigenvalue weighted by Gasteiger charge is -2.41. The summed E-state index contributed by atoms with van der Waals surface area (Å²) in [7, 11) is -6.18. The molecular weight excluding hydrogens is 699 g/mol. The fraction of sp³-hybridized carbons (Fsp3) is 0.579. The molecule has 14 heteroatoms. The van der Waals surface area contributed by atoms with Crippen LogP contribution in [0.4, 0.5) is 13.2 Å². The molecule has 2 bridgehead atoms. The van der Waals surface area contributed by atoms with Crippen molar-refractivity contribution in [2.75, 3.05) is 6.61 Å². The quantitative estimate of drug-likeness (QED) is 0.249. The maximum Gasteiger partial charge on any atom is 0.364 e. The Balaban J connectivity index is 1.36. The molecule has 0 aromatic heterocycles. The Bertz CT molecular complexity index is 1110. The van der Waals surface area contributed by atoms with E-state index in [4.69, 9.17) is 14.2 Å². The number of alkyl halides is 3. The van der Waals surface area contributed by atoms with Gasteiger partial charge in [-0.25, -0.2) is 17.6 Å². The second-order valence-corrected chi connectivity index (χ2v) is 12.0. The van der Waals surface area contributed by atoms with Gasteiger partial charge in [0.15, 0.2) is 16.3 Å². The van der Waals surface area contributed by atoms with Gasteiger partial charge >= 0.3 is 17.2 Å². The monoisotopic (exact) mass is 715 g/mol. The van der Waals surface area contributed by atoms with E-state index < -0.39 is 58.2 Å². The third-order valence-electron chi connectivity index (χ3n) is 6.27. The molecule has 8 nitrogen and oxygen atoms in total. The summed E-state index contributed by atoms with van der Waals surface area (Å²) in [6.45, 7) is -0.805. The van der Waals surface area contributed by atoms with Crippen LogP contribution in [-0.2, 0) is 24.4 Å². The van der Waals surface area contributed by atoms with Gasteiger partial charge in [-0.2, -0.15) is 8.78 Å². The summed E-state index contributed by atoms with van der Waals surface area (Å²) in [4.78, 5) is 25.0. The van der Waals surface area contributed by atoms with Crippen LogP contribution in [0.1, 0.15) is 36.0 Å². The molecule has 1 aromatic rings. The van der Waals surface area contributed by atoms with E-state index in [0.29, 0.717) is 17.7 Å². The van der Waals surface area contributed by atoms with Gasteiger partial charge in [-0.3, -0.25) is 4.79 Å². The van der Waals surface area contributed by atoms with Gasteiger partial charge in [-0.15, -0.1) is 0 Å². The Kier molecular flexibility index (Phi) is 6.61. The molecule has 2 saturated carbocycles. The van der Waals surface area contributed by atoms with E-state index in [9.17, 15) is 35.7 Å². The van der Waals surface area contributed by atoms with Crippen LogP contribution in [0.5, 0.6) is 5.75 Å². The van der Waals surface area contributed by atoms with Crippen LogP contribution in [0, 0.1) is 24.9 Å². The molecule has 2 fully saturated rings. The topological polar surface area (TPSA) is 119 Å². The Labute approximate surface area is 213 Å². The number of ether oxygens (including phenoxy) is 3. The van der Waals surface area contributed by atoms with Crippen molar-refractivity contribution in [3.8, 4) is 5.75 Å². The van der Waals surface area contributed by atoms with Crippen LogP contribution in [-0.4, -0.2) is 48.7 Å². The van der Waals surface area contributed by atoms with Crippen LogP contribution in [0.2, 0.25) is 0 Å². The summed E-state index contributed by atoms with van der Waals surface area (Å²) in [6.07, 6.45) is -3.42. The zero-order valence-electron chi connectivity index (χ0n) is 16.6. The van der Waals surface area contributed by atoms with E-state index in [2.05, 4.69) is 45.2 Å². The molecule has 1 spiro atoms. The SMILES string of the molecule is O=C1OC2(CC3CC2CC3C(=O)OCCC(F)C(F)(F)S(=O)(=O)[O-])Oc2cc(I)c(I)cc21. The van der Waals surface area contributed by atoms with Crippen LogP contribution < -0.4 is 4.74 Å². The van der Waals surface area contributed by atoms with E-state index in [1.165, 1.54) is 0 Å². The first-order chi connectivity index (χ1) is 15.2. The van der Waals surface area contributed by atoms with Gasteiger partial charge in [0.1, 0.15) is 11.3 Å². The summed E-state index contributed by atoms with van der Waals surface area (Å²) in [6, 6.07) is 3.43. The summed E-state index contributed by atoms with van der Waals surface area (Å²) < 4.78 is 89.7. The first-order valence-corrected chi connectivity index (χ1v) is 13.4. The molecular formula is C19H16F3I2O8S-. The van der Waals surface area contributed by atoms with E-state index >= 15 is 0 Å². The molecule has 5 unspecified atom stereocenters. The number of esters is 2. The highest BCUT2D eigenvalue weighted by molar-refractivity contribution is 14.1. The van der Waals surface area contributed by atoms with E-state index in [1.807, 2.05) is 0 Å². The van der Waals surface area contributed by atoms with Crippen molar-refractivity contribution in [1.82, 2.24) is 0 Å². The first-order valence-electron chi connectivity index (χ1n) is 9.80. The van der Waals surface area contributed by atoms with Crippen molar-refractivity contribution in [1.29, 1.82) is 0 Å². The van der Waals surface area contributed by atoms with Gasteiger partial charge in [0.2, 0.25) is 0 Å². The Morgan fingerprint density at radius 3 is 2.55 bits per heavy atom. The van der Waals surface area contributed by atoms with Gasteiger partial charge in [0.05, 0.1) is 12.5 Å². The standard InChI is InChI=1S/C19H17F3I2O8S/c20-15(19(21,22)33(27,28)29)1-2-30-16(25)10-4-9-3-8(10)7-18(9)31-14-6-13(24)12(23)5-11(14)17(26)32-18/h5-6,8-10,15H,1-4,7H2,(H,27,28,29)/p-1. The van der Waals surface area contributed by atoms with Gasteiger partial charge in [-0.05, 0) is 76.1 Å². The highest BCUT2D eigenvalue weighted by atomic mass is 127. The summed E-state index contributed by atoms with van der Waals surface area (Å²) >= 11 is 4.22. The second kappa shape index (κ2) is 8.65. The molecule has 0 saturated heterocycles. The summed E-state index contributed by atoms with van der Waals surface area (Å²) in [5.41, 5.74) is 0.321. The molecule has 0 radical (unpaired) electrons. The largest absolute Gasteiger partial charge is 0.743 e. The van der Waals surface area contributed by atoms with Gasteiger partial charge in [-0.1, -0.05) is 0 Å². The Morgan fingerprint density at radius 1 is 1.27 bits per heavy atom.